The number of carbonyl (C=O) groups excluding carboxylic acids is 1. The molecule has 1 fully saturated rings. The van der Waals surface area contributed by atoms with Crippen molar-refractivity contribution in [2.24, 2.45) is 0 Å². The summed E-state index contributed by atoms with van der Waals surface area (Å²) in [6, 6.07) is 0. The maximum Gasteiger partial charge on any atom is 0.220 e. The van der Waals surface area contributed by atoms with Crippen LogP contribution >= 0.6 is 0 Å². The van der Waals surface area contributed by atoms with Gasteiger partial charge in [0.25, 0.3) is 0 Å². The van der Waals surface area contributed by atoms with Crippen LogP contribution in [0.1, 0.15) is 32.1 Å². The summed E-state index contributed by atoms with van der Waals surface area (Å²) in [4.78, 5) is 11.5. The van der Waals surface area contributed by atoms with Gasteiger partial charge in [-0.25, -0.2) is 12.7 Å². The van der Waals surface area contributed by atoms with Crippen LogP contribution in [0.3, 0.4) is 0 Å². The van der Waals surface area contributed by atoms with E-state index in [0.717, 1.165) is 25.8 Å². The minimum absolute atomic E-state index is 0.0623. The molecule has 0 aromatic heterocycles. The SMILES string of the molecule is CNCCCNC(=O)CCCS(=O)(=O)N1CCCC1. The molecule has 1 amide bonds. The first-order valence-corrected chi connectivity index (χ1v) is 8.56. The molecule has 0 saturated carbocycles. The lowest BCUT2D eigenvalue weighted by molar-refractivity contribution is -0.121. The molecule has 0 unspecified atom stereocenters. The molecule has 0 atom stereocenters. The predicted molar refractivity (Wildman–Crippen MR) is 75.4 cm³/mol. The molecule has 1 aliphatic heterocycles. The molecule has 1 saturated heterocycles. The van der Waals surface area contributed by atoms with Gasteiger partial charge in [0.05, 0.1) is 5.75 Å². The molecule has 1 rings (SSSR count). The van der Waals surface area contributed by atoms with Gasteiger partial charge in [-0.05, 0) is 39.3 Å². The molecule has 0 bridgehead atoms. The van der Waals surface area contributed by atoms with Crippen LogP contribution in [-0.4, -0.2) is 57.6 Å². The third-order valence-electron chi connectivity index (χ3n) is 3.19. The van der Waals surface area contributed by atoms with Gasteiger partial charge in [0.15, 0.2) is 0 Å². The van der Waals surface area contributed by atoms with Crippen LogP contribution in [0.15, 0.2) is 0 Å². The van der Waals surface area contributed by atoms with Crippen molar-refractivity contribution in [2.75, 3.05) is 39.0 Å². The second-order valence-electron chi connectivity index (χ2n) is 4.83. The number of nitrogens with one attached hydrogen (secondary N) is 2. The Bertz CT molecular complexity index is 364. The molecule has 2 N–H and O–H groups in total. The monoisotopic (exact) mass is 291 g/mol. The van der Waals surface area contributed by atoms with E-state index in [0.29, 0.717) is 26.1 Å². The normalized spacial score (nSPS) is 16.7. The third kappa shape index (κ3) is 6.35. The standard InChI is InChI=1S/C12H25N3O3S/c1-13-7-5-8-14-12(16)6-4-11-19(17,18)15-9-2-3-10-15/h13H,2-11H2,1H3,(H,14,16). The molecule has 112 valence electrons. The second-order valence-corrected chi connectivity index (χ2v) is 6.92. The van der Waals surface area contributed by atoms with Gasteiger partial charge in [0.2, 0.25) is 15.9 Å². The van der Waals surface area contributed by atoms with Gasteiger partial charge >= 0.3 is 0 Å². The molecular formula is C12H25N3O3S. The van der Waals surface area contributed by atoms with E-state index in [1.807, 2.05) is 7.05 Å². The number of carbonyl (C=O) groups is 1. The van der Waals surface area contributed by atoms with E-state index in [1.54, 1.807) is 0 Å². The zero-order valence-electron chi connectivity index (χ0n) is 11.7. The lowest BCUT2D eigenvalue weighted by Crippen LogP contribution is -2.31. The molecule has 19 heavy (non-hydrogen) atoms. The molecule has 1 heterocycles. The molecule has 1 aliphatic rings. The highest BCUT2D eigenvalue weighted by Crippen LogP contribution is 2.14. The van der Waals surface area contributed by atoms with Crippen molar-refractivity contribution >= 4 is 15.9 Å². The Morgan fingerprint density at radius 2 is 1.84 bits per heavy atom. The van der Waals surface area contributed by atoms with Gasteiger partial charge in [-0.15, -0.1) is 0 Å². The number of nitrogens with zero attached hydrogens (tertiary/aromatic N) is 1. The number of amides is 1. The Morgan fingerprint density at radius 3 is 2.47 bits per heavy atom. The Labute approximate surface area is 116 Å². The number of hydrogen-bond acceptors (Lipinski definition) is 4. The van der Waals surface area contributed by atoms with E-state index in [4.69, 9.17) is 0 Å². The van der Waals surface area contributed by atoms with E-state index in [1.165, 1.54) is 4.31 Å². The first-order valence-electron chi connectivity index (χ1n) is 6.95. The van der Waals surface area contributed by atoms with Gasteiger partial charge in [-0.2, -0.15) is 0 Å². The first kappa shape index (κ1) is 16.4. The van der Waals surface area contributed by atoms with Gasteiger partial charge in [-0.1, -0.05) is 0 Å². The van der Waals surface area contributed by atoms with Crippen molar-refractivity contribution in [3.63, 3.8) is 0 Å². The molecule has 0 aliphatic carbocycles. The van der Waals surface area contributed by atoms with Crippen LogP contribution < -0.4 is 10.6 Å². The average molecular weight is 291 g/mol. The van der Waals surface area contributed by atoms with Crippen molar-refractivity contribution in [3.05, 3.63) is 0 Å². The fraction of sp³-hybridized carbons (Fsp3) is 0.917. The van der Waals surface area contributed by atoms with Crippen LogP contribution in [0, 0.1) is 0 Å². The van der Waals surface area contributed by atoms with Gasteiger partial charge in [0.1, 0.15) is 0 Å². The summed E-state index contributed by atoms with van der Waals surface area (Å²) < 4.78 is 25.3. The second kappa shape index (κ2) is 8.50. The van der Waals surface area contributed by atoms with Gasteiger partial charge in [0, 0.05) is 26.1 Å². The molecule has 0 spiro atoms. The fourth-order valence-electron chi connectivity index (χ4n) is 2.09. The van der Waals surface area contributed by atoms with Crippen molar-refractivity contribution in [3.8, 4) is 0 Å². The van der Waals surface area contributed by atoms with Crippen LogP contribution in [0.4, 0.5) is 0 Å². The molecule has 0 radical (unpaired) electrons. The average Bonchev–Trinajstić information content (AvgIpc) is 2.89. The van der Waals surface area contributed by atoms with E-state index in [9.17, 15) is 13.2 Å². The number of rotatable bonds is 9. The molecule has 0 aromatic carbocycles. The summed E-state index contributed by atoms with van der Waals surface area (Å²) in [6.07, 6.45) is 3.47. The van der Waals surface area contributed by atoms with E-state index >= 15 is 0 Å². The highest BCUT2D eigenvalue weighted by Gasteiger charge is 2.24. The fourth-order valence-corrected chi connectivity index (χ4v) is 3.67. The smallest absolute Gasteiger partial charge is 0.220 e. The van der Waals surface area contributed by atoms with Crippen LogP contribution in [0.2, 0.25) is 0 Å². The topological polar surface area (TPSA) is 78.5 Å². The summed E-state index contributed by atoms with van der Waals surface area (Å²) in [5, 5.41) is 5.79. The summed E-state index contributed by atoms with van der Waals surface area (Å²) in [6.45, 7) is 2.78. The lowest BCUT2D eigenvalue weighted by Gasteiger charge is -2.15. The Kier molecular flexibility index (Phi) is 7.33. The zero-order chi connectivity index (χ0) is 14.1. The Morgan fingerprint density at radius 1 is 1.16 bits per heavy atom. The van der Waals surface area contributed by atoms with Crippen molar-refractivity contribution in [2.45, 2.75) is 32.1 Å². The number of sulfonamides is 1. The predicted octanol–water partition coefficient (Wildman–Crippen LogP) is -0.0821. The number of hydrogen-bond donors (Lipinski definition) is 2. The summed E-state index contributed by atoms with van der Waals surface area (Å²) in [7, 11) is -1.28. The Hall–Kier alpha value is -0.660. The summed E-state index contributed by atoms with van der Waals surface area (Å²) >= 11 is 0. The first-order chi connectivity index (χ1) is 9.06. The van der Waals surface area contributed by atoms with Crippen LogP contribution in [-0.2, 0) is 14.8 Å². The molecular weight excluding hydrogens is 266 g/mol. The van der Waals surface area contributed by atoms with E-state index in [2.05, 4.69) is 10.6 Å². The minimum Gasteiger partial charge on any atom is -0.356 e. The van der Waals surface area contributed by atoms with Crippen molar-refractivity contribution in [1.82, 2.24) is 14.9 Å². The van der Waals surface area contributed by atoms with Crippen LogP contribution in [0.25, 0.3) is 0 Å². The van der Waals surface area contributed by atoms with E-state index < -0.39 is 10.0 Å². The van der Waals surface area contributed by atoms with Crippen molar-refractivity contribution in [1.29, 1.82) is 0 Å². The van der Waals surface area contributed by atoms with Crippen molar-refractivity contribution < 1.29 is 13.2 Å². The maximum atomic E-state index is 11.9. The summed E-state index contributed by atoms with van der Waals surface area (Å²) in [5.74, 6) is 0.0180. The highest BCUT2D eigenvalue weighted by molar-refractivity contribution is 7.89. The largest absolute Gasteiger partial charge is 0.356 e. The maximum absolute atomic E-state index is 11.9. The van der Waals surface area contributed by atoms with Gasteiger partial charge in [-0.3, -0.25) is 4.79 Å². The molecule has 0 aromatic rings. The molecule has 6 nitrogen and oxygen atoms in total. The molecule has 7 heteroatoms. The quantitative estimate of drug-likeness (QED) is 0.582. The Balaban J connectivity index is 2.13. The lowest BCUT2D eigenvalue weighted by atomic mass is 10.3. The zero-order valence-corrected chi connectivity index (χ0v) is 12.5. The highest BCUT2D eigenvalue weighted by atomic mass is 32.2. The van der Waals surface area contributed by atoms with E-state index in [-0.39, 0.29) is 18.1 Å². The van der Waals surface area contributed by atoms with Gasteiger partial charge < -0.3 is 10.6 Å². The third-order valence-corrected chi connectivity index (χ3v) is 5.15. The minimum atomic E-state index is -3.14. The summed E-state index contributed by atoms with van der Waals surface area (Å²) in [5.41, 5.74) is 0. The van der Waals surface area contributed by atoms with Crippen LogP contribution in [0.5, 0.6) is 0 Å².